The van der Waals surface area contributed by atoms with E-state index in [1.807, 2.05) is 24.1 Å². The summed E-state index contributed by atoms with van der Waals surface area (Å²) >= 11 is 1.46. The lowest BCUT2D eigenvalue weighted by Crippen LogP contribution is -2.40. The van der Waals surface area contributed by atoms with Gasteiger partial charge in [0.05, 0.1) is 18.9 Å². The summed E-state index contributed by atoms with van der Waals surface area (Å²) in [6.07, 6.45) is 4.63. The standard InChI is InChI=1S/C22H32N4O2S/c1-16-8-10-19(11-9-16)25(3)20(27)15-29-22-24-23-21(26(22)12-13-28-4)18-7-5-6-17(2)14-18/h5-7,14,16,19H,8-13,15H2,1-4H3. The first-order chi connectivity index (χ1) is 14.0. The summed E-state index contributed by atoms with van der Waals surface area (Å²) in [5, 5.41) is 9.55. The number of ether oxygens (including phenoxy) is 1. The number of benzene rings is 1. The summed E-state index contributed by atoms with van der Waals surface area (Å²) in [4.78, 5) is 14.7. The quantitative estimate of drug-likeness (QED) is 0.608. The molecule has 1 heterocycles. The molecule has 0 unspecified atom stereocenters. The van der Waals surface area contributed by atoms with Gasteiger partial charge in [-0.15, -0.1) is 10.2 Å². The molecule has 1 amide bonds. The van der Waals surface area contributed by atoms with E-state index in [1.165, 1.54) is 30.2 Å². The lowest BCUT2D eigenvalue weighted by Gasteiger charge is -2.33. The molecule has 29 heavy (non-hydrogen) atoms. The molecule has 1 aromatic heterocycles. The summed E-state index contributed by atoms with van der Waals surface area (Å²) in [6, 6.07) is 8.60. The predicted molar refractivity (Wildman–Crippen MR) is 117 cm³/mol. The molecule has 1 aliphatic carbocycles. The van der Waals surface area contributed by atoms with Gasteiger partial charge in [-0.1, -0.05) is 42.4 Å². The van der Waals surface area contributed by atoms with Crippen molar-refractivity contribution in [3.63, 3.8) is 0 Å². The minimum atomic E-state index is 0.160. The van der Waals surface area contributed by atoms with Crippen molar-refractivity contribution in [3.05, 3.63) is 29.8 Å². The second-order valence-corrected chi connectivity index (χ2v) is 8.97. The van der Waals surface area contributed by atoms with E-state index in [0.29, 0.717) is 24.9 Å². The third kappa shape index (κ3) is 5.60. The first-order valence-electron chi connectivity index (χ1n) is 10.4. The number of hydrogen-bond donors (Lipinski definition) is 0. The van der Waals surface area contributed by atoms with E-state index in [4.69, 9.17) is 4.74 Å². The number of aryl methyl sites for hydroxylation is 1. The van der Waals surface area contributed by atoms with E-state index in [1.54, 1.807) is 7.11 Å². The van der Waals surface area contributed by atoms with Gasteiger partial charge in [-0.05, 0) is 44.6 Å². The van der Waals surface area contributed by atoms with Crippen LogP contribution in [-0.2, 0) is 16.1 Å². The van der Waals surface area contributed by atoms with Crippen LogP contribution in [0.2, 0.25) is 0 Å². The minimum absolute atomic E-state index is 0.160. The van der Waals surface area contributed by atoms with Crippen LogP contribution in [0.15, 0.2) is 29.4 Å². The molecule has 0 N–H and O–H groups in total. The maximum Gasteiger partial charge on any atom is 0.233 e. The zero-order chi connectivity index (χ0) is 20.8. The van der Waals surface area contributed by atoms with E-state index in [2.05, 4.69) is 40.7 Å². The summed E-state index contributed by atoms with van der Waals surface area (Å²) in [5.74, 6) is 2.13. The van der Waals surface area contributed by atoms with Crippen molar-refractivity contribution in [3.8, 4) is 11.4 Å². The fourth-order valence-corrected chi connectivity index (χ4v) is 4.73. The van der Waals surface area contributed by atoms with Crippen molar-refractivity contribution in [1.29, 1.82) is 0 Å². The normalized spacial score (nSPS) is 19.3. The van der Waals surface area contributed by atoms with Crippen LogP contribution in [0.3, 0.4) is 0 Å². The summed E-state index contributed by atoms with van der Waals surface area (Å²) in [7, 11) is 3.63. The summed E-state index contributed by atoms with van der Waals surface area (Å²) in [6.45, 7) is 5.58. The molecule has 1 saturated carbocycles. The molecular formula is C22H32N4O2S. The van der Waals surface area contributed by atoms with Crippen LogP contribution in [0, 0.1) is 12.8 Å². The van der Waals surface area contributed by atoms with Gasteiger partial charge in [-0.2, -0.15) is 0 Å². The fourth-order valence-electron chi connectivity index (χ4n) is 3.84. The number of nitrogens with zero attached hydrogens (tertiary/aromatic N) is 4. The van der Waals surface area contributed by atoms with Crippen LogP contribution in [0.1, 0.15) is 38.2 Å². The van der Waals surface area contributed by atoms with E-state index < -0.39 is 0 Å². The van der Waals surface area contributed by atoms with Gasteiger partial charge in [-0.25, -0.2) is 0 Å². The number of carbonyl (C=O) groups excluding carboxylic acids is 1. The van der Waals surface area contributed by atoms with Crippen LogP contribution in [0.5, 0.6) is 0 Å². The highest BCUT2D eigenvalue weighted by atomic mass is 32.2. The monoisotopic (exact) mass is 416 g/mol. The van der Waals surface area contributed by atoms with Crippen molar-refractivity contribution in [2.24, 2.45) is 5.92 Å². The Hall–Kier alpha value is -1.86. The van der Waals surface area contributed by atoms with Crippen molar-refractivity contribution in [2.75, 3.05) is 26.5 Å². The molecule has 3 rings (SSSR count). The smallest absolute Gasteiger partial charge is 0.233 e. The Kier molecular flexibility index (Phi) is 7.72. The Balaban J connectivity index is 1.69. The number of hydrogen-bond acceptors (Lipinski definition) is 5. The van der Waals surface area contributed by atoms with E-state index in [-0.39, 0.29) is 5.91 Å². The summed E-state index contributed by atoms with van der Waals surface area (Å²) in [5.41, 5.74) is 2.21. The fraction of sp³-hybridized carbons (Fsp3) is 0.591. The maximum atomic E-state index is 12.8. The number of aromatic nitrogens is 3. The first-order valence-corrected chi connectivity index (χ1v) is 11.4. The summed E-state index contributed by atoms with van der Waals surface area (Å²) < 4.78 is 7.33. The van der Waals surface area contributed by atoms with Gasteiger partial charge in [0.15, 0.2) is 11.0 Å². The molecule has 7 heteroatoms. The second-order valence-electron chi connectivity index (χ2n) is 8.03. The predicted octanol–water partition coefficient (Wildman–Crippen LogP) is 4.03. The molecule has 1 aliphatic rings. The van der Waals surface area contributed by atoms with Crippen LogP contribution in [-0.4, -0.2) is 58.1 Å². The molecule has 1 aromatic carbocycles. The van der Waals surface area contributed by atoms with Crippen LogP contribution >= 0.6 is 11.8 Å². The van der Waals surface area contributed by atoms with E-state index in [9.17, 15) is 4.79 Å². The van der Waals surface area contributed by atoms with Gasteiger partial charge >= 0.3 is 0 Å². The average Bonchev–Trinajstić information content (AvgIpc) is 3.13. The lowest BCUT2D eigenvalue weighted by atomic mass is 9.87. The molecule has 0 aliphatic heterocycles. The first kappa shape index (κ1) is 21.8. The van der Waals surface area contributed by atoms with Crippen LogP contribution in [0.4, 0.5) is 0 Å². The molecule has 158 valence electrons. The largest absolute Gasteiger partial charge is 0.383 e. The van der Waals surface area contributed by atoms with Gasteiger partial charge in [0.1, 0.15) is 0 Å². The molecule has 0 radical (unpaired) electrons. The van der Waals surface area contributed by atoms with Gasteiger partial charge in [0, 0.05) is 25.8 Å². The Labute approximate surface area is 178 Å². The Morgan fingerprint density at radius 2 is 2.03 bits per heavy atom. The molecular weight excluding hydrogens is 384 g/mol. The topological polar surface area (TPSA) is 60.2 Å². The highest BCUT2D eigenvalue weighted by Gasteiger charge is 2.25. The number of carbonyl (C=O) groups is 1. The lowest BCUT2D eigenvalue weighted by molar-refractivity contribution is -0.129. The number of thioether (sulfide) groups is 1. The minimum Gasteiger partial charge on any atom is -0.383 e. The van der Waals surface area contributed by atoms with Crippen molar-refractivity contribution < 1.29 is 9.53 Å². The second kappa shape index (κ2) is 10.3. The van der Waals surface area contributed by atoms with Crippen LogP contribution < -0.4 is 0 Å². The van der Waals surface area contributed by atoms with Crippen molar-refractivity contribution in [2.45, 2.75) is 57.3 Å². The van der Waals surface area contributed by atoms with Gasteiger partial charge in [0.2, 0.25) is 5.91 Å². The SMILES string of the molecule is COCCn1c(SCC(=O)N(C)C2CCC(C)CC2)nnc1-c1cccc(C)c1. The highest BCUT2D eigenvalue weighted by Crippen LogP contribution is 2.28. The molecule has 0 bridgehead atoms. The van der Waals surface area contributed by atoms with E-state index in [0.717, 1.165) is 35.3 Å². The van der Waals surface area contributed by atoms with Gasteiger partial charge in [-0.3, -0.25) is 9.36 Å². The van der Waals surface area contributed by atoms with Crippen molar-refractivity contribution in [1.82, 2.24) is 19.7 Å². The van der Waals surface area contributed by atoms with E-state index >= 15 is 0 Å². The molecule has 2 aromatic rings. The zero-order valence-electron chi connectivity index (χ0n) is 17.9. The molecule has 0 saturated heterocycles. The Morgan fingerprint density at radius 1 is 1.28 bits per heavy atom. The Morgan fingerprint density at radius 3 is 2.72 bits per heavy atom. The third-order valence-corrected chi connectivity index (χ3v) is 6.71. The highest BCUT2D eigenvalue weighted by molar-refractivity contribution is 7.99. The van der Waals surface area contributed by atoms with Crippen LogP contribution in [0.25, 0.3) is 11.4 Å². The molecule has 0 spiro atoms. The number of amides is 1. The van der Waals surface area contributed by atoms with Gasteiger partial charge in [0.25, 0.3) is 0 Å². The Bertz CT molecular complexity index is 815. The zero-order valence-corrected chi connectivity index (χ0v) is 18.7. The maximum absolute atomic E-state index is 12.8. The molecule has 6 nitrogen and oxygen atoms in total. The number of methoxy groups -OCH3 is 1. The van der Waals surface area contributed by atoms with Gasteiger partial charge < -0.3 is 9.64 Å². The molecule has 1 fully saturated rings. The average molecular weight is 417 g/mol. The molecule has 0 atom stereocenters. The van der Waals surface area contributed by atoms with Crippen molar-refractivity contribution >= 4 is 17.7 Å². The third-order valence-electron chi connectivity index (χ3n) is 5.76. The number of rotatable bonds is 8.